The number of hydrogen-bond acceptors (Lipinski definition) is 4. The monoisotopic (exact) mass is 240 g/mol. The molecule has 0 saturated carbocycles. The summed E-state index contributed by atoms with van der Waals surface area (Å²) in [7, 11) is 1.74. The Morgan fingerprint density at radius 2 is 2.00 bits per heavy atom. The summed E-state index contributed by atoms with van der Waals surface area (Å²) in [6.07, 6.45) is 0.740. The van der Waals surface area contributed by atoms with Crippen LogP contribution in [-0.4, -0.2) is 67.3 Å². The first-order valence-electron chi connectivity index (χ1n) is 5.95. The summed E-state index contributed by atoms with van der Waals surface area (Å²) >= 11 is 0. The second-order valence-corrected chi connectivity index (χ2v) is 4.83. The number of amides is 3. The highest BCUT2D eigenvalue weighted by atomic mass is 16.5. The van der Waals surface area contributed by atoms with E-state index in [4.69, 9.17) is 9.47 Å². The number of rotatable bonds is 1. The van der Waals surface area contributed by atoms with Crippen LogP contribution in [-0.2, 0) is 14.3 Å². The fourth-order valence-electron chi connectivity index (χ4n) is 2.81. The van der Waals surface area contributed by atoms with Crippen molar-refractivity contribution in [3.05, 3.63) is 0 Å². The number of likely N-dealkylation sites (N-methyl/N-ethyl adjacent to an activating group) is 1. The summed E-state index contributed by atoms with van der Waals surface area (Å²) in [5.74, 6) is -0.288. The molecule has 3 unspecified atom stereocenters. The van der Waals surface area contributed by atoms with E-state index in [2.05, 4.69) is 0 Å². The van der Waals surface area contributed by atoms with Gasteiger partial charge in [0.1, 0.15) is 0 Å². The summed E-state index contributed by atoms with van der Waals surface area (Å²) in [5.41, 5.74) is 0. The van der Waals surface area contributed by atoms with E-state index in [1.165, 1.54) is 4.90 Å². The van der Waals surface area contributed by atoms with Gasteiger partial charge < -0.3 is 14.4 Å². The van der Waals surface area contributed by atoms with Crippen molar-refractivity contribution in [1.29, 1.82) is 0 Å². The van der Waals surface area contributed by atoms with Gasteiger partial charge in [0.25, 0.3) is 0 Å². The quantitative estimate of drug-likeness (QED) is 0.630. The highest BCUT2D eigenvalue weighted by Crippen LogP contribution is 2.29. The van der Waals surface area contributed by atoms with Crippen LogP contribution in [0.4, 0.5) is 4.79 Å². The Hall–Kier alpha value is -1.14. The molecule has 3 rings (SSSR count). The van der Waals surface area contributed by atoms with Crippen molar-refractivity contribution in [3.8, 4) is 0 Å². The van der Waals surface area contributed by atoms with Crippen LogP contribution in [0, 0.1) is 5.92 Å². The van der Waals surface area contributed by atoms with Gasteiger partial charge in [0.15, 0.2) is 0 Å². The maximum absolute atomic E-state index is 12.3. The van der Waals surface area contributed by atoms with Crippen LogP contribution >= 0.6 is 0 Å². The molecule has 94 valence electrons. The molecule has 0 aromatic rings. The van der Waals surface area contributed by atoms with Crippen molar-refractivity contribution in [2.24, 2.45) is 5.92 Å². The zero-order valence-corrected chi connectivity index (χ0v) is 9.80. The van der Waals surface area contributed by atoms with Crippen LogP contribution in [0.25, 0.3) is 0 Å². The van der Waals surface area contributed by atoms with Gasteiger partial charge in [-0.2, -0.15) is 0 Å². The van der Waals surface area contributed by atoms with E-state index >= 15 is 0 Å². The molecule has 3 fully saturated rings. The molecule has 3 amide bonds. The molecule has 0 aromatic heterocycles. The van der Waals surface area contributed by atoms with Gasteiger partial charge in [-0.1, -0.05) is 0 Å². The minimum Gasteiger partial charge on any atom is -0.379 e. The molecule has 6 heteroatoms. The highest BCUT2D eigenvalue weighted by Gasteiger charge is 2.50. The van der Waals surface area contributed by atoms with Gasteiger partial charge in [0.05, 0.1) is 37.8 Å². The fourth-order valence-corrected chi connectivity index (χ4v) is 2.81. The van der Waals surface area contributed by atoms with E-state index < -0.39 is 0 Å². The smallest absolute Gasteiger partial charge is 0.327 e. The van der Waals surface area contributed by atoms with E-state index in [-0.39, 0.29) is 29.9 Å². The number of carbonyl (C=O) groups is 2. The van der Waals surface area contributed by atoms with Crippen molar-refractivity contribution >= 4 is 11.9 Å². The van der Waals surface area contributed by atoms with E-state index in [9.17, 15) is 9.59 Å². The van der Waals surface area contributed by atoms with Crippen molar-refractivity contribution in [1.82, 2.24) is 9.80 Å². The van der Waals surface area contributed by atoms with Gasteiger partial charge in [-0.15, -0.1) is 0 Å². The number of carbonyl (C=O) groups excluding carboxylic acids is 2. The number of urea groups is 1. The average molecular weight is 240 g/mol. The molecule has 0 N–H and O–H groups in total. The summed E-state index contributed by atoms with van der Waals surface area (Å²) in [6, 6.07) is -0.398. The topological polar surface area (TPSA) is 59.1 Å². The maximum atomic E-state index is 12.3. The number of hydrogen-bond donors (Lipinski definition) is 0. The Balaban J connectivity index is 1.87. The minimum absolute atomic E-state index is 0.0893. The SMILES string of the molecule is CN1C(=O)N(C2CCOC2)C(=O)C2COCC21. The maximum Gasteiger partial charge on any atom is 0.327 e. The van der Waals surface area contributed by atoms with Crippen LogP contribution in [0.1, 0.15) is 6.42 Å². The molecule has 6 nitrogen and oxygen atoms in total. The molecule has 3 saturated heterocycles. The van der Waals surface area contributed by atoms with Crippen LogP contribution in [0.15, 0.2) is 0 Å². The zero-order valence-electron chi connectivity index (χ0n) is 9.80. The standard InChI is InChI=1S/C11H16N2O4/c1-12-9-6-17-5-8(9)10(14)13(11(12)15)7-2-3-16-4-7/h7-9H,2-6H2,1H3. The molecule has 3 aliphatic heterocycles. The summed E-state index contributed by atoms with van der Waals surface area (Å²) in [5, 5.41) is 0. The zero-order chi connectivity index (χ0) is 12.0. The van der Waals surface area contributed by atoms with Crippen molar-refractivity contribution in [3.63, 3.8) is 0 Å². The molecule has 0 radical (unpaired) electrons. The van der Waals surface area contributed by atoms with Gasteiger partial charge in [0, 0.05) is 13.7 Å². The Morgan fingerprint density at radius 3 is 2.71 bits per heavy atom. The lowest BCUT2D eigenvalue weighted by molar-refractivity contribution is -0.139. The molecular formula is C11H16N2O4. The van der Waals surface area contributed by atoms with E-state index in [0.717, 1.165) is 6.42 Å². The van der Waals surface area contributed by atoms with Gasteiger partial charge >= 0.3 is 6.03 Å². The van der Waals surface area contributed by atoms with Crippen molar-refractivity contribution in [2.45, 2.75) is 18.5 Å². The average Bonchev–Trinajstić information content (AvgIpc) is 2.97. The summed E-state index contributed by atoms with van der Waals surface area (Å²) < 4.78 is 10.6. The Morgan fingerprint density at radius 1 is 1.18 bits per heavy atom. The molecular weight excluding hydrogens is 224 g/mol. The van der Waals surface area contributed by atoms with Crippen LogP contribution in [0.5, 0.6) is 0 Å². The van der Waals surface area contributed by atoms with E-state index in [0.29, 0.717) is 26.4 Å². The first-order chi connectivity index (χ1) is 8.20. The third-order valence-electron chi connectivity index (χ3n) is 3.88. The van der Waals surface area contributed by atoms with Gasteiger partial charge in [0.2, 0.25) is 5.91 Å². The predicted molar refractivity (Wildman–Crippen MR) is 57.3 cm³/mol. The predicted octanol–water partition coefficient (Wildman–Crippen LogP) is -0.316. The van der Waals surface area contributed by atoms with Crippen molar-refractivity contribution in [2.75, 3.05) is 33.5 Å². The Kier molecular flexibility index (Phi) is 2.56. The molecule has 3 aliphatic rings. The molecule has 3 atom stereocenters. The largest absolute Gasteiger partial charge is 0.379 e. The van der Waals surface area contributed by atoms with Gasteiger partial charge in [-0.3, -0.25) is 9.69 Å². The van der Waals surface area contributed by atoms with Crippen LogP contribution in [0.3, 0.4) is 0 Å². The molecule has 0 spiro atoms. The molecule has 3 heterocycles. The molecule has 0 aromatic carbocycles. The second-order valence-electron chi connectivity index (χ2n) is 4.83. The first kappa shape index (κ1) is 11.0. The first-order valence-corrected chi connectivity index (χ1v) is 5.95. The number of fused-ring (bicyclic) bond motifs is 1. The third-order valence-corrected chi connectivity index (χ3v) is 3.88. The lowest BCUT2D eigenvalue weighted by atomic mass is 9.97. The normalized spacial score (nSPS) is 37.8. The highest BCUT2D eigenvalue weighted by molar-refractivity contribution is 5.99. The van der Waals surface area contributed by atoms with E-state index in [1.54, 1.807) is 11.9 Å². The number of ether oxygens (including phenoxy) is 2. The lowest BCUT2D eigenvalue weighted by Crippen LogP contribution is -2.62. The summed E-state index contributed by atoms with van der Waals surface area (Å²) in [6.45, 7) is 1.97. The summed E-state index contributed by atoms with van der Waals surface area (Å²) in [4.78, 5) is 27.5. The van der Waals surface area contributed by atoms with E-state index in [1.807, 2.05) is 0 Å². The Labute approximate surface area is 99.4 Å². The number of imide groups is 1. The molecule has 17 heavy (non-hydrogen) atoms. The Bertz CT molecular complexity index is 353. The van der Waals surface area contributed by atoms with Crippen molar-refractivity contribution < 1.29 is 19.1 Å². The minimum atomic E-state index is -0.211. The third kappa shape index (κ3) is 1.55. The van der Waals surface area contributed by atoms with Crippen LogP contribution < -0.4 is 0 Å². The molecule has 0 aliphatic carbocycles. The van der Waals surface area contributed by atoms with Gasteiger partial charge in [-0.25, -0.2) is 4.79 Å². The molecule has 0 bridgehead atoms. The number of nitrogens with zero attached hydrogens (tertiary/aromatic N) is 2. The fraction of sp³-hybridized carbons (Fsp3) is 0.818. The lowest BCUT2D eigenvalue weighted by Gasteiger charge is -2.41. The van der Waals surface area contributed by atoms with Crippen LogP contribution in [0.2, 0.25) is 0 Å². The second kappa shape index (κ2) is 3.96. The van der Waals surface area contributed by atoms with Gasteiger partial charge in [-0.05, 0) is 6.42 Å².